The van der Waals surface area contributed by atoms with E-state index in [0.29, 0.717) is 0 Å². The minimum Gasteiger partial charge on any atom is -0.390 e. The summed E-state index contributed by atoms with van der Waals surface area (Å²) in [6.07, 6.45) is -0.759. The fourth-order valence-electron chi connectivity index (χ4n) is 3.74. The molecule has 0 spiro atoms. The van der Waals surface area contributed by atoms with E-state index in [1.54, 1.807) is 14.2 Å². The molecular weight excluding hydrogens is 548 g/mol. The number of hydrogen-bond donors (Lipinski definition) is 1. The highest BCUT2D eigenvalue weighted by Gasteiger charge is 2.83. The Kier molecular flexibility index (Phi) is 4.51. The zero-order valence-electron chi connectivity index (χ0n) is 11.8. The van der Waals surface area contributed by atoms with Crippen LogP contribution in [0.4, 0.5) is 0 Å². The highest BCUT2D eigenvalue weighted by atomic mass is 79.9. The van der Waals surface area contributed by atoms with E-state index in [9.17, 15) is 5.11 Å². The fraction of sp³-hybridized carbons (Fsp3) is 0.467. The lowest BCUT2D eigenvalue weighted by molar-refractivity contribution is -0.215. The lowest BCUT2D eigenvalue weighted by atomic mass is 9.84. The third kappa shape index (κ3) is 1.71. The first-order valence-electron chi connectivity index (χ1n) is 6.60. The van der Waals surface area contributed by atoms with E-state index in [-0.39, 0.29) is 5.92 Å². The van der Waals surface area contributed by atoms with Gasteiger partial charge in [-0.25, -0.2) is 0 Å². The van der Waals surface area contributed by atoms with Crippen molar-refractivity contribution in [2.75, 3.05) is 14.2 Å². The maximum absolute atomic E-state index is 11.1. The summed E-state index contributed by atoms with van der Waals surface area (Å²) in [7, 11) is 3.17. The molecule has 1 fully saturated rings. The van der Waals surface area contributed by atoms with Crippen LogP contribution in [0.25, 0.3) is 0 Å². The molecule has 1 aromatic carbocycles. The summed E-state index contributed by atoms with van der Waals surface area (Å²) in [4.78, 5) is 0. The van der Waals surface area contributed by atoms with Gasteiger partial charge in [-0.05, 0) is 5.56 Å². The zero-order chi connectivity index (χ0) is 16.3. The van der Waals surface area contributed by atoms with Gasteiger partial charge in [-0.3, -0.25) is 0 Å². The molecular formula is C15H14Br4O3. The predicted octanol–water partition coefficient (Wildman–Crippen LogP) is 4.42. The second kappa shape index (κ2) is 5.64. The minimum atomic E-state index is -1.11. The van der Waals surface area contributed by atoms with E-state index in [0.717, 1.165) is 14.5 Å². The summed E-state index contributed by atoms with van der Waals surface area (Å²) in [5, 5.41) is 11.1. The normalized spacial score (nSPS) is 39.6. The Bertz CT molecular complexity index is 631. The summed E-state index contributed by atoms with van der Waals surface area (Å²) >= 11 is 14.8. The topological polar surface area (TPSA) is 38.7 Å². The lowest BCUT2D eigenvalue weighted by Gasteiger charge is -2.41. The van der Waals surface area contributed by atoms with Crippen LogP contribution in [0.5, 0.6) is 0 Å². The van der Waals surface area contributed by atoms with Crippen molar-refractivity contribution in [2.45, 2.75) is 26.5 Å². The Labute approximate surface area is 163 Å². The number of rotatable bonds is 3. The van der Waals surface area contributed by atoms with Crippen LogP contribution in [0.15, 0.2) is 39.3 Å². The van der Waals surface area contributed by atoms with Crippen LogP contribution in [-0.2, 0) is 9.47 Å². The van der Waals surface area contributed by atoms with Crippen LogP contribution in [0, 0.1) is 0 Å². The molecule has 2 bridgehead atoms. The molecule has 2 aliphatic carbocycles. The van der Waals surface area contributed by atoms with Gasteiger partial charge in [0.2, 0.25) is 5.79 Å². The number of ether oxygens (including phenoxy) is 2. The monoisotopic (exact) mass is 558 g/mol. The second-order valence-electron chi connectivity index (χ2n) is 5.41. The van der Waals surface area contributed by atoms with E-state index in [1.165, 1.54) is 0 Å². The molecule has 1 N–H and O–H groups in total. The molecule has 0 aromatic heterocycles. The fourth-order valence-corrected chi connectivity index (χ4v) is 8.61. The molecule has 3 nitrogen and oxygen atoms in total. The maximum Gasteiger partial charge on any atom is 0.211 e. The average molecular weight is 562 g/mol. The van der Waals surface area contributed by atoms with Gasteiger partial charge in [-0.1, -0.05) is 94.1 Å². The smallest absolute Gasteiger partial charge is 0.211 e. The summed E-state index contributed by atoms with van der Waals surface area (Å²) < 4.78 is 11.6. The van der Waals surface area contributed by atoms with Crippen LogP contribution < -0.4 is 0 Å². The quantitative estimate of drug-likeness (QED) is 0.439. The number of hydrogen-bond acceptors (Lipinski definition) is 3. The zero-order valence-corrected chi connectivity index (χ0v) is 18.2. The van der Waals surface area contributed by atoms with Crippen molar-refractivity contribution < 1.29 is 14.6 Å². The van der Waals surface area contributed by atoms with Gasteiger partial charge >= 0.3 is 0 Å². The van der Waals surface area contributed by atoms with Gasteiger partial charge < -0.3 is 14.6 Å². The van der Waals surface area contributed by atoms with Crippen molar-refractivity contribution >= 4 is 63.7 Å². The minimum absolute atomic E-state index is 0.261. The predicted molar refractivity (Wildman–Crippen MR) is 100 cm³/mol. The molecule has 3 rings (SSSR count). The van der Waals surface area contributed by atoms with Gasteiger partial charge in [-0.15, -0.1) is 0 Å². The summed E-state index contributed by atoms with van der Waals surface area (Å²) in [6, 6.07) is 9.86. The number of fused-ring (bicyclic) bond motifs is 2. The molecule has 0 heterocycles. The molecule has 4 atom stereocenters. The highest BCUT2D eigenvalue weighted by molar-refractivity contribution is 9.16. The van der Waals surface area contributed by atoms with Crippen molar-refractivity contribution in [3.05, 3.63) is 44.9 Å². The van der Waals surface area contributed by atoms with Gasteiger partial charge in [0.1, 0.15) is 8.65 Å². The largest absolute Gasteiger partial charge is 0.390 e. The summed E-state index contributed by atoms with van der Waals surface area (Å²) in [6.45, 7) is 0. The number of aliphatic hydroxyl groups is 1. The molecule has 0 aliphatic heterocycles. The number of benzene rings is 1. The van der Waals surface area contributed by atoms with E-state index in [4.69, 9.17) is 9.47 Å². The SMILES string of the molecule is COC1(OC)[C@@]2(Br)C(Br)=C(Br)[C@]1(Br)[C@H](c1ccccc1)[C@@H]2O. The standard InChI is InChI=1S/C15H14Br4O3/c1-21-15(22-2)13(18)9(8-6-4-3-5-7-8)12(20)14(15,19)11(17)10(13)16/h3-7,9,12,20H,1-2H3/t9-,12+,13-,14-/m1/s1. The van der Waals surface area contributed by atoms with E-state index in [2.05, 4.69) is 63.7 Å². The van der Waals surface area contributed by atoms with E-state index >= 15 is 0 Å². The number of aliphatic hydroxyl groups excluding tert-OH is 1. The van der Waals surface area contributed by atoms with E-state index < -0.39 is 20.5 Å². The third-order valence-electron chi connectivity index (χ3n) is 4.67. The lowest BCUT2D eigenvalue weighted by Crippen LogP contribution is -2.57. The molecule has 1 saturated carbocycles. The van der Waals surface area contributed by atoms with Gasteiger partial charge in [0.25, 0.3) is 0 Å². The molecule has 2 aliphatic rings. The van der Waals surface area contributed by atoms with E-state index in [1.807, 2.05) is 30.3 Å². The number of methoxy groups -OCH3 is 2. The Hall–Kier alpha value is 0.760. The van der Waals surface area contributed by atoms with Gasteiger partial charge in [0, 0.05) is 29.1 Å². The second-order valence-corrected chi connectivity index (χ2v) is 9.50. The molecule has 0 radical (unpaired) electrons. The first kappa shape index (κ1) is 17.6. The maximum atomic E-state index is 11.1. The Morgan fingerprint density at radius 1 is 0.955 bits per heavy atom. The Morgan fingerprint density at radius 2 is 1.45 bits per heavy atom. The van der Waals surface area contributed by atoms with Gasteiger partial charge in [-0.2, -0.15) is 0 Å². The molecule has 22 heavy (non-hydrogen) atoms. The van der Waals surface area contributed by atoms with Crippen molar-refractivity contribution in [1.82, 2.24) is 0 Å². The Balaban J connectivity index is 2.31. The molecule has 120 valence electrons. The molecule has 0 saturated heterocycles. The molecule has 1 aromatic rings. The Morgan fingerprint density at radius 3 is 1.91 bits per heavy atom. The van der Waals surface area contributed by atoms with Crippen LogP contribution >= 0.6 is 63.7 Å². The van der Waals surface area contributed by atoms with Crippen molar-refractivity contribution in [3.8, 4) is 0 Å². The highest BCUT2D eigenvalue weighted by Crippen LogP contribution is 2.75. The van der Waals surface area contributed by atoms with Crippen LogP contribution in [-0.4, -0.2) is 39.9 Å². The number of alkyl halides is 2. The molecule has 7 heteroatoms. The summed E-state index contributed by atoms with van der Waals surface area (Å²) in [5.74, 6) is -1.37. The van der Waals surface area contributed by atoms with Crippen molar-refractivity contribution in [3.63, 3.8) is 0 Å². The van der Waals surface area contributed by atoms with Gasteiger partial charge in [0.05, 0.1) is 6.10 Å². The first-order valence-corrected chi connectivity index (χ1v) is 9.77. The van der Waals surface area contributed by atoms with Gasteiger partial charge in [0.15, 0.2) is 0 Å². The number of halogens is 4. The average Bonchev–Trinajstić information content (AvgIpc) is 2.77. The first-order chi connectivity index (χ1) is 10.3. The van der Waals surface area contributed by atoms with Crippen LogP contribution in [0.2, 0.25) is 0 Å². The van der Waals surface area contributed by atoms with Crippen LogP contribution in [0.1, 0.15) is 11.5 Å². The van der Waals surface area contributed by atoms with Crippen molar-refractivity contribution in [2.24, 2.45) is 0 Å². The third-order valence-corrected chi connectivity index (χ3v) is 11.1. The molecule has 0 unspecified atom stereocenters. The molecule has 0 amide bonds. The van der Waals surface area contributed by atoms with Crippen molar-refractivity contribution in [1.29, 1.82) is 0 Å². The van der Waals surface area contributed by atoms with Crippen LogP contribution in [0.3, 0.4) is 0 Å². The summed E-state index contributed by atoms with van der Waals surface area (Å²) in [5.41, 5.74) is 1.00.